The summed E-state index contributed by atoms with van der Waals surface area (Å²) in [5, 5.41) is 0.114. The van der Waals surface area contributed by atoms with Crippen molar-refractivity contribution in [2.75, 3.05) is 12.3 Å². The Labute approximate surface area is 108 Å². The zero-order valence-electron chi connectivity index (χ0n) is 10.8. The van der Waals surface area contributed by atoms with Gasteiger partial charge in [0.2, 0.25) is 0 Å². The fourth-order valence-corrected chi connectivity index (χ4v) is 4.53. The molecule has 1 atom stereocenters. The fraction of sp³-hybridized carbons (Fsp3) is 0.727. The number of aromatic nitrogens is 2. The number of piperidine rings is 1. The molecule has 0 aromatic carbocycles. The van der Waals surface area contributed by atoms with Gasteiger partial charge in [0.1, 0.15) is 0 Å². The van der Waals surface area contributed by atoms with Crippen LogP contribution in [0.3, 0.4) is 0 Å². The highest BCUT2D eigenvalue weighted by molar-refractivity contribution is 7.89. The molecule has 1 aromatic rings. The van der Waals surface area contributed by atoms with Gasteiger partial charge >= 0.3 is 0 Å². The topological polar surface area (TPSA) is 81.2 Å². The van der Waals surface area contributed by atoms with Crippen molar-refractivity contribution in [1.82, 2.24) is 13.9 Å². The summed E-state index contributed by atoms with van der Waals surface area (Å²) in [5.74, 6) is 0.0814. The van der Waals surface area contributed by atoms with Crippen molar-refractivity contribution < 1.29 is 8.42 Å². The highest BCUT2D eigenvalue weighted by Crippen LogP contribution is 2.28. The van der Waals surface area contributed by atoms with Crippen LogP contribution in [-0.2, 0) is 17.1 Å². The molecule has 2 N–H and O–H groups in total. The average molecular weight is 272 g/mol. The summed E-state index contributed by atoms with van der Waals surface area (Å²) < 4.78 is 28.4. The van der Waals surface area contributed by atoms with Crippen LogP contribution in [0.4, 0.5) is 5.82 Å². The first kappa shape index (κ1) is 13.4. The summed E-state index contributed by atoms with van der Waals surface area (Å²) in [6.07, 6.45) is 5.19. The van der Waals surface area contributed by atoms with Crippen LogP contribution in [0, 0.1) is 0 Å². The molecule has 2 heterocycles. The monoisotopic (exact) mass is 272 g/mol. The maximum absolute atomic E-state index is 12.6. The first-order chi connectivity index (χ1) is 8.48. The molecule has 1 aromatic heterocycles. The number of imidazole rings is 1. The molecular weight excluding hydrogens is 252 g/mol. The van der Waals surface area contributed by atoms with Gasteiger partial charge in [0.15, 0.2) is 10.8 Å². The van der Waals surface area contributed by atoms with E-state index in [2.05, 4.69) is 4.98 Å². The molecule has 2 rings (SSSR count). The van der Waals surface area contributed by atoms with Gasteiger partial charge in [0.25, 0.3) is 10.0 Å². The number of hydrogen-bond donors (Lipinski definition) is 1. The van der Waals surface area contributed by atoms with Crippen LogP contribution in [0.1, 0.15) is 32.6 Å². The molecule has 0 radical (unpaired) electrons. The zero-order valence-corrected chi connectivity index (χ0v) is 11.7. The predicted octanol–water partition coefficient (Wildman–Crippen LogP) is 0.955. The smallest absolute Gasteiger partial charge is 0.262 e. The van der Waals surface area contributed by atoms with E-state index in [4.69, 9.17) is 5.73 Å². The Bertz CT molecular complexity index is 504. The van der Waals surface area contributed by atoms with Crippen LogP contribution in [-0.4, -0.2) is 34.9 Å². The molecule has 1 saturated heterocycles. The minimum Gasteiger partial charge on any atom is -0.381 e. The zero-order chi connectivity index (χ0) is 13.3. The van der Waals surface area contributed by atoms with Crippen LogP contribution in [0.2, 0.25) is 0 Å². The lowest BCUT2D eigenvalue weighted by atomic mass is 10.0. The van der Waals surface area contributed by atoms with Gasteiger partial charge in [0.05, 0.1) is 6.33 Å². The average Bonchev–Trinajstić information content (AvgIpc) is 2.69. The van der Waals surface area contributed by atoms with Gasteiger partial charge in [-0.25, -0.2) is 13.4 Å². The van der Waals surface area contributed by atoms with Gasteiger partial charge in [0, 0.05) is 19.6 Å². The molecule has 1 aliphatic rings. The number of rotatable bonds is 3. The minimum atomic E-state index is -3.53. The van der Waals surface area contributed by atoms with Crippen LogP contribution in [0.15, 0.2) is 11.4 Å². The Kier molecular flexibility index (Phi) is 3.63. The molecule has 0 bridgehead atoms. The standard InChI is InChI=1S/C11H20N4O2S/c1-3-9-6-4-5-7-15(9)18(16,17)11-10(12)13-8-14(11)2/h8-9H,3-7,12H2,1-2H3. The fourth-order valence-electron chi connectivity index (χ4n) is 2.56. The Hall–Kier alpha value is -1.08. The molecule has 6 nitrogen and oxygen atoms in total. The Morgan fingerprint density at radius 1 is 1.50 bits per heavy atom. The number of nitrogens with two attached hydrogens (primary N) is 1. The molecular formula is C11H20N4O2S. The third kappa shape index (κ3) is 2.12. The first-order valence-electron chi connectivity index (χ1n) is 6.27. The van der Waals surface area contributed by atoms with E-state index < -0.39 is 10.0 Å². The lowest BCUT2D eigenvalue weighted by Crippen LogP contribution is -2.44. The van der Waals surface area contributed by atoms with E-state index in [1.807, 2.05) is 6.92 Å². The molecule has 18 heavy (non-hydrogen) atoms. The number of aryl methyl sites for hydroxylation is 1. The summed E-state index contributed by atoms with van der Waals surface area (Å²) in [6, 6.07) is 0.0815. The number of nitrogens with zero attached hydrogens (tertiary/aromatic N) is 3. The third-order valence-corrected chi connectivity index (χ3v) is 5.59. The van der Waals surface area contributed by atoms with E-state index in [0.29, 0.717) is 6.54 Å². The second-order valence-electron chi connectivity index (χ2n) is 4.72. The van der Waals surface area contributed by atoms with E-state index >= 15 is 0 Å². The number of hydrogen-bond acceptors (Lipinski definition) is 4. The van der Waals surface area contributed by atoms with Gasteiger partial charge in [-0.15, -0.1) is 0 Å². The molecule has 0 saturated carbocycles. The highest BCUT2D eigenvalue weighted by Gasteiger charge is 2.35. The maximum Gasteiger partial charge on any atom is 0.262 e. The second kappa shape index (κ2) is 4.89. The molecule has 0 spiro atoms. The summed E-state index contributed by atoms with van der Waals surface area (Å²) in [4.78, 5) is 3.86. The number of anilines is 1. The van der Waals surface area contributed by atoms with Gasteiger partial charge < -0.3 is 10.3 Å². The molecule has 1 unspecified atom stereocenters. The van der Waals surface area contributed by atoms with Crippen molar-refractivity contribution in [3.63, 3.8) is 0 Å². The van der Waals surface area contributed by atoms with Crippen molar-refractivity contribution in [2.45, 2.75) is 43.7 Å². The molecule has 7 heteroatoms. The van der Waals surface area contributed by atoms with Crippen molar-refractivity contribution >= 4 is 15.8 Å². The van der Waals surface area contributed by atoms with Crippen molar-refractivity contribution in [3.05, 3.63) is 6.33 Å². The van der Waals surface area contributed by atoms with Crippen molar-refractivity contribution in [2.24, 2.45) is 7.05 Å². The molecule has 1 fully saturated rings. The number of nitrogen functional groups attached to an aromatic ring is 1. The quantitative estimate of drug-likeness (QED) is 0.888. The summed E-state index contributed by atoms with van der Waals surface area (Å²) in [5.41, 5.74) is 5.68. The molecule has 0 aliphatic carbocycles. The van der Waals surface area contributed by atoms with Crippen molar-refractivity contribution in [3.8, 4) is 0 Å². The highest BCUT2D eigenvalue weighted by atomic mass is 32.2. The SMILES string of the molecule is CCC1CCCCN1S(=O)(=O)c1c(N)ncn1C. The normalized spacial score (nSPS) is 22.2. The summed E-state index contributed by atoms with van der Waals surface area (Å²) in [6.45, 7) is 2.59. The van der Waals surface area contributed by atoms with Gasteiger partial charge in [-0.1, -0.05) is 13.3 Å². The Morgan fingerprint density at radius 3 is 2.78 bits per heavy atom. The maximum atomic E-state index is 12.6. The van der Waals surface area contributed by atoms with Crippen molar-refractivity contribution in [1.29, 1.82) is 0 Å². The van der Waals surface area contributed by atoms with Crippen LogP contribution < -0.4 is 5.73 Å². The van der Waals surface area contributed by atoms with Gasteiger partial charge in [-0.05, 0) is 19.3 Å². The second-order valence-corrected chi connectivity index (χ2v) is 6.53. The van der Waals surface area contributed by atoms with E-state index in [1.54, 1.807) is 11.4 Å². The van der Waals surface area contributed by atoms with Gasteiger partial charge in [-0.2, -0.15) is 4.31 Å². The molecule has 0 amide bonds. The Morgan fingerprint density at radius 2 is 2.22 bits per heavy atom. The predicted molar refractivity (Wildman–Crippen MR) is 69.4 cm³/mol. The molecule has 1 aliphatic heterocycles. The van der Waals surface area contributed by atoms with E-state index in [0.717, 1.165) is 25.7 Å². The van der Waals surface area contributed by atoms with E-state index in [9.17, 15) is 8.42 Å². The lowest BCUT2D eigenvalue weighted by Gasteiger charge is -2.34. The lowest BCUT2D eigenvalue weighted by molar-refractivity contribution is 0.245. The largest absolute Gasteiger partial charge is 0.381 e. The molecule has 102 valence electrons. The summed E-state index contributed by atoms with van der Waals surface area (Å²) in [7, 11) is -1.88. The van der Waals surface area contributed by atoms with Crippen LogP contribution in [0.5, 0.6) is 0 Å². The van der Waals surface area contributed by atoms with Gasteiger partial charge in [-0.3, -0.25) is 0 Å². The third-order valence-electron chi connectivity index (χ3n) is 3.51. The minimum absolute atomic E-state index is 0.0814. The van der Waals surface area contributed by atoms with E-state index in [1.165, 1.54) is 10.9 Å². The Balaban J connectivity index is 2.41. The van der Waals surface area contributed by atoms with E-state index in [-0.39, 0.29) is 16.9 Å². The number of sulfonamides is 1. The first-order valence-corrected chi connectivity index (χ1v) is 7.71. The summed E-state index contributed by atoms with van der Waals surface area (Å²) >= 11 is 0. The van der Waals surface area contributed by atoms with Crippen LogP contribution in [0.25, 0.3) is 0 Å². The van der Waals surface area contributed by atoms with Crippen LogP contribution >= 0.6 is 0 Å².